The van der Waals surface area contributed by atoms with Crippen molar-refractivity contribution in [1.82, 2.24) is 4.90 Å². The van der Waals surface area contributed by atoms with Crippen molar-refractivity contribution in [2.45, 2.75) is 26.2 Å². The van der Waals surface area contributed by atoms with Gasteiger partial charge in [-0.3, -0.25) is 4.79 Å². The Hall–Kier alpha value is -2.53. The first kappa shape index (κ1) is 18.3. The van der Waals surface area contributed by atoms with E-state index in [0.717, 1.165) is 36.5 Å². The summed E-state index contributed by atoms with van der Waals surface area (Å²) in [6, 6.07) is 12.7. The molecule has 0 fully saturated rings. The number of carbonyl (C=O) groups is 1. The highest BCUT2D eigenvalue weighted by atomic mass is 16.5. The maximum absolute atomic E-state index is 12.1. The Balaban J connectivity index is 1.85. The summed E-state index contributed by atoms with van der Waals surface area (Å²) in [5.74, 6) is 0.853. The second kappa shape index (κ2) is 8.23. The van der Waals surface area contributed by atoms with E-state index in [1.807, 2.05) is 30.3 Å². The molecule has 1 aliphatic rings. The first-order chi connectivity index (χ1) is 12.6. The molecule has 1 atom stereocenters. The molecule has 0 radical (unpaired) electrons. The first-order valence-electron chi connectivity index (χ1n) is 9.10. The van der Waals surface area contributed by atoms with Gasteiger partial charge in [0.15, 0.2) is 0 Å². The van der Waals surface area contributed by atoms with E-state index in [-0.39, 0.29) is 24.1 Å². The van der Waals surface area contributed by atoms with Crippen LogP contribution in [0.3, 0.4) is 0 Å². The Labute approximate surface area is 154 Å². The number of likely N-dealkylation sites (N-methyl/N-ethyl adjacent to an activating group) is 1. The molecule has 1 N–H and O–H groups in total. The van der Waals surface area contributed by atoms with Crippen LogP contribution >= 0.6 is 0 Å². The van der Waals surface area contributed by atoms with E-state index in [1.54, 1.807) is 6.07 Å². The molecule has 0 aliphatic carbocycles. The number of phenols is 1. The number of hydrogen-bond acceptors (Lipinski definition) is 5. The highest BCUT2D eigenvalue weighted by Gasteiger charge is 2.30. The predicted octanol–water partition coefficient (Wildman–Crippen LogP) is 3.55. The lowest BCUT2D eigenvalue weighted by Gasteiger charge is -2.26. The van der Waals surface area contributed by atoms with Crippen LogP contribution in [0.4, 0.5) is 0 Å². The van der Waals surface area contributed by atoms with Crippen LogP contribution in [0.25, 0.3) is 0 Å². The summed E-state index contributed by atoms with van der Waals surface area (Å²) in [6.07, 6.45) is 0.258. The number of hydrogen-bond donors (Lipinski definition) is 1. The summed E-state index contributed by atoms with van der Waals surface area (Å²) in [6.45, 7) is 7.71. The van der Waals surface area contributed by atoms with Crippen LogP contribution in [-0.4, -0.2) is 42.2 Å². The van der Waals surface area contributed by atoms with E-state index >= 15 is 0 Å². The Morgan fingerprint density at radius 2 is 1.92 bits per heavy atom. The van der Waals surface area contributed by atoms with Crippen molar-refractivity contribution in [2.24, 2.45) is 0 Å². The fraction of sp³-hybridized carbons (Fsp3) is 0.381. The monoisotopic (exact) mass is 355 g/mol. The Bertz CT molecular complexity index is 770. The average molecular weight is 355 g/mol. The maximum atomic E-state index is 12.1. The minimum absolute atomic E-state index is 0.0842. The van der Waals surface area contributed by atoms with Gasteiger partial charge in [-0.2, -0.15) is 0 Å². The number of para-hydroxylation sites is 1. The van der Waals surface area contributed by atoms with E-state index in [0.29, 0.717) is 12.4 Å². The van der Waals surface area contributed by atoms with Crippen LogP contribution in [0.1, 0.15) is 37.3 Å². The summed E-state index contributed by atoms with van der Waals surface area (Å²) in [5, 5.41) is 9.68. The molecular weight excluding hydrogens is 330 g/mol. The third-order valence-electron chi connectivity index (χ3n) is 4.82. The molecule has 3 rings (SSSR count). The summed E-state index contributed by atoms with van der Waals surface area (Å²) in [4.78, 5) is 14.4. The minimum Gasteiger partial charge on any atom is -0.508 e. The summed E-state index contributed by atoms with van der Waals surface area (Å²) < 4.78 is 11.4. The van der Waals surface area contributed by atoms with Crippen molar-refractivity contribution in [2.75, 3.05) is 26.2 Å². The second-order valence-corrected chi connectivity index (χ2v) is 6.37. The number of nitrogens with zero attached hydrogens (tertiary/aromatic N) is 1. The maximum Gasteiger partial charge on any atom is 0.312 e. The van der Waals surface area contributed by atoms with Gasteiger partial charge in [0.25, 0.3) is 0 Å². The van der Waals surface area contributed by atoms with Gasteiger partial charge in [-0.05, 0) is 25.2 Å². The van der Waals surface area contributed by atoms with Crippen molar-refractivity contribution < 1.29 is 19.4 Å². The van der Waals surface area contributed by atoms with Gasteiger partial charge < -0.3 is 19.5 Å². The second-order valence-electron chi connectivity index (χ2n) is 6.37. The molecule has 2 aromatic rings. The number of ether oxygens (including phenoxy) is 2. The Kier molecular flexibility index (Phi) is 5.78. The quantitative estimate of drug-likeness (QED) is 0.608. The predicted molar refractivity (Wildman–Crippen MR) is 99.9 cm³/mol. The van der Waals surface area contributed by atoms with E-state index in [2.05, 4.69) is 18.7 Å². The molecule has 26 heavy (non-hydrogen) atoms. The standard InChI is InChI=1S/C21H25NO4/c1-3-22(4-2)11-12-25-19-8-6-5-7-16(19)18-14-21(24)26-20-13-15(23)9-10-17(18)20/h5-10,13,18,23H,3-4,11-12,14H2,1-2H3. The largest absolute Gasteiger partial charge is 0.508 e. The van der Waals surface area contributed by atoms with E-state index in [1.165, 1.54) is 6.07 Å². The molecule has 0 bridgehead atoms. The molecule has 0 aromatic heterocycles. The lowest BCUT2D eigenvalue weighted by molar-refractivity contribution is -0.135. The molecule has 5 nitrogen and oxygen atoms in total. The minimum atomic E-state index is -0.300. The van der Waals surface area contributed by atoms with Crippen LogP contribution < -0.4 is 9.47 Å². The number of phenolic OH excluding ortho intramolecular Hbond substituents is 1. The number of rotatable bonds is 7. The molecule has 0 spiro atoms. The van der Waals surface area contributed by atoms with Crippen molar-refractivity contribution in [3.8, 4) is 17.2 Å². The fourth-order valence-electron chi connectivity index (χ4n) is 3.34. The molecule has 138 valence electrons. The van der Waals surface area contributed by atoms with Crippen LogP contribution in [0.5, 0.6) is 17.2 Å². The van der Waals surface area contributed by atoms with Crippen LogP contribution in [0.15, 0.2) is 42.5 Å². The molecule has 0 saturated heterocycles. The average Bonchev–Trinajstić information content (AvgIpc) is 2.64. The molecule has 0 amide bonds. The van der Waals surface area contributed by atoms with Crippen molar-refractivity contribution in [1.29, 1.82) is 0 Å². The smallest absolute Gasteiger partial charge is 0.312 e. The number of carbonyl (C=O) groups excluding carboxylic acids is 1. The molecule has 1 heterocycles. The lowest BCUT2D eigenvalue weighted by atomic mass is 9.86. The van der Waals surface area contributed by atoms with Gasteiger partial charge in [0.05, 0.1) is 6.42 Å². The Morgan fingerprint density at radius 3 is 2.69 bits per heavy atom. The third-order valence-corrected chi connectivity index (χ3v) is 4.82. The number of aromatic hydroxyl groups is 1. The van der Waals surface area contributed by atoms with Crippen LogP contribution in [-0.2, 0) is 4.79 Å². The van der Waals surface area contributed by atoms with Gasteiger partial charge in [0, 0.05) is 29.7 Å². The van der Waals surface area contributed by atoms with Gasteiger partial charge >= 0.3 is 5.97 Å². The molecular formula is C21H25NO4. The van der Waals surface area contributed by atoms with Gasteiger partial charge in [-0.1, -0.05) is 38.1 Å². The van der Waals surface area contributed by atoms with E-state index < -0.39 is 0 Å². The number of fused-ring (bicyclic) bond motifs is 1. The normalized spacial score (nSPS) is 16.3. The van der Waals surface area contributed by atoms with E-state index in [9.17, 15) is 9.90 Å². The molecule has 1 aliphatic heterocycles. The summed E-state index contributed by atoms with van der Waals surface area (Å²) >= 11 is 0. The summed E-state index contributed by atoms with van der Waals surface area (Å²) in [7, 11) is 0. The van der Waals surface area contributed by atoms with Gasteiger partial charge in [0.1, 0.15) is 23.9 Å². The van der Waals surface area contributed by atoms with Crippen LogP contribution in [0, 0.1) is 0 Å². The Morgan fingerprint density at radius 1 is 1.15 bits per heavy atom. The lowest BCUT2D eigenvalue weighted by Crippen LogP contribution is -2.28. The van der Waals surface area contributed by atoms with Gasteiger partial charge in [0.2, 0.25) is 0 Å². The SMILES string of the molecule is CCN(CC)CCOc1ccccc1C1CC(=O)Oc2cc(O)ccc21. The molecule has 2 aromatic carbocycles. The molecule has 1 unspecified atom stereocenters. The highest BCUT2D eigenvalue weighted by Crippen LogP contribution is 2.42. The zero-order valence-electron chi connectivity index (χ0n) is 15.3. The number of benzene rings is 2. The zero-order chi connectivity index (χ0) is 18.5. The van der Waals surface area contributed by atoms with Gasteiger partial charge in [-0.25, -0.2) is 0 Å². The summed E-state index contributed by atoms with van der Waals surface area (Å²) in [5.41, 5.74) is 1.86. The first-order valence-corrected chi connectivity index (χ1v) is 9.10. The highest BCUT2D eigenvalue weighted by molar-refractivity contribution is 5.78. The van der Waals surface area contributed by atoms with Crippen LogP contribution in [0.2, 0.25) is 0 Å². The van der Waals surface area contributed by atoms with Crippen molar-refractivity contribution in [3.05, 3.63) is 53.6 Å². The molecule has 0 saturated carbocycles. The third kappa shape index (κ3) is 3.99. The number of esters is 1. The zero-order valence-corrected chi connectivity index (χ0v) is 15.3. The van der Waals surface area contributed by atoms with Crippen molar-refractivity contribution in [3.63, 3.8) is 0 Å². The van der Waals surface area contributed by atoms with E-state index in [4.69, 9.17) is 9.47 Å². The fourth-order valence-corrected chi connectivity index (χ4v) is 3.34. The van der Waals surface area contributed by atoms with Gasteiger partial charge in [-0.15, -0.1) is 0 Å². The molecule has 5 heteroatoms. The topological polar surface area (TPSA) is 59.0 Å². The van der Waals surface area contributed by atoms with Crippen molar-refractivity contribution >= 4 is 5.97 Å².